The van der Waals surface area contributed by atoms with Crippen molar-refractivity contribution in [3.8, 4) is 0 Å². The summed E-state index contributed by atoms with van der Waals surface area (Å²) in [6.07, 6.45) is 0.381. The van der Waals surface area contributed by atoms with Crippen LogP contribution in [0.25, 0.3) is 0 Å². The molecule has 2 amide bonds. The van der Waals surface area contributed by atoms with E-state index in [2.05, 4.69) is 10.1 Å². The predicted molar refractivity (Wildman–Crippen MR) is 54.9 cm³/mol. The molecule has 0 aliphatic carbocycles. The van der Waals surface area contributed by atoms with Crippen LogP contribution in [-0.2, 0) is 14.3 Å². The number of aliphatic carboxylic acids is 1. The molecule has 16 heavy (non-hydrogen) atoms. The summed E-state index contributed by atoms with van der Waals surface area (Å²) >= 11 is 0. The fourth-order valence-corrected chi connectivity index (χ4v) is 0.924. The number of carboxylic acids is 1. The fourth-order valence-electron chi connectivity index (χ4n) is 0.924. The zero-order chi connectivity index (χ0) is 12.6. The molecule has 0 aliphatic heterocycles. The van der Waals surface area contributed by atoms with Gasteiger partial charge in [-0.2, -0.15) is 0 Å². The first-order valence-corrected chi connectivity index (χ1v) is 4.75. The molecule has 0 aromatic heterocycles. The summed E-state index contributed by atoms with van der Waals surface area (Å²) in [5.41, 5.74) is 0. The van der Waals surface area contributed by atoms with Crippen molar-refractivity contribution in [2.75, 3.05) is 27.2 Å². The number of methoxy groups -OCH3 is 1. The number of nitrogens with zero attached hydrogens (tertiary/aromatic N) is 1. The average Bonchev–Trinajstić information content (AvgIpc) is 2.24. The molecular weight excluding hydrogens is 216 g/mol. The lowest BCUT2D eigenvalue weighted by atomic mass is 10.3. The number of amides is 2. The number of carbonyl (C=O) groups is 3. The standard InChI is InChI=1S/C9H16N2O5/c1-11(5-3-4-7(12)13)9(15)10-6-8(14)16-2/h3-6H2,1-2H3,(H,10,15)(H,12,13). The molecule has 7 heteroatoms. The first kappa shape index (κ1) is 14.2. The van der Waals surface area contributed by atoms with Crippen molar-refractivity contribution in [1.29, 1.82) is 0 Å². The number of carboxylic acid groups (broad SMARTS) is 1. The van der Waals surface area contributed by atoms with Gasteiger partial charge in [0.05, 0.1) is 7.11 Å². The van der Waals surface area contributed by atoms with Crippen LogP contribution in [0, 0.1) is 0 Å². The summed E-state index contributed by atoms with van der Waals surface area (Å²) in [6, 6.07) is -0.434. The smallest absolute Gasteiger partial charge is 0.325 e. The van der Waals surface area contributed by atoms with E-state index in [4.69, 9.17) is 5.11 Å². The van der Waals surface area contributed by atoms with Gasteiger partial charge in [0.15, 0.2) is 0 Å². The van der Waals surface area contributed by atoms with E-state index in [1.807, 2.05) is 0 Å². The van der Waals surface area contributed by atoms with Crippen molar-refractivity contribution >= 4 is 18.0 Å². The monoisotopic (exact) mass is 232 g/mol. The highest BCUT2D eigenvalue weighted by atomic mass is 16.5. The van der Waals surface area contributed by atoms with E-state index in [9.17, 15) is 14.4 Å². The van der Waals surface area contributed by atoms with Crippen molar-refractivity contribution < 1.29 is 24.2 Å². The average molecular weight is 232 g/mol. The third-order valence-electron chi connectivity index (χ3n) is 1.84. The lowest BCUT2D eigenvalue weighted by Crippen LogP contribution is -2.40. The summed E-state index contributed by atoms with van der Waals surface area (Å²) in [5, 5.41) is 10.7. The Kier molecular flexibility index (Phi) is 6.66. The van der Waals surface area contributed by atoms with Crippen LogP contribution >= 0.6 is 0 Å². The minimum absolute atomic E-state index is 0.00855. The second-order valence-corrected chi connectivity index (χ2v) is 3.15. The molecule has 2 N–H and O–H groups in total. The molecule has 0 spiro atoms. The third kappa shape index (κ3) is 6.63. The number of hydrogen-bond donors (Lipinski definition) is 2. The number of rotatable bonds is 6. The van der Waals surface area contributed by atoms with E-state index < -0.39 is 18.0 Å². The van der Waals surface area contributed by atoms with E-state index in [1.54, 1.807) is 0 Å². The van der Waals surface area contributed by atoms with Crippen LogP contribution in [0.4, 0.5) is 4.79 Å². The Morgan fingerprint density at radius 1 is 1.38 bits per heavy atom. The Morgan fingerprint density at radius 2 is 2.00 bits per heavy atom. The van der Waals surface area contributed by atoms with Gasteiger partial charge in [-0.25, -0.2) is 4.79 Å². The molecule has 0 aliphatic rings. The Balaban J connectivity index is 3.73. The number of hydrogen-bond acceptors (Lipinski definition) is 4. The molecule has 0 saturated heterocycles. The summed E-state index contributed by atoms with van der Waals surface area (Å²) in [7, 11) is 2.75. The van der Waals surface area contributed by atoms with Crippen molar-refractivity contribution in [1.82, 2.24) is 10.2 Å². The zero-order valence-electron chi connectivity index (χ0n) is 9.36. The fraction of sp³-hybridized carbons (Fsp3) is 0.667. The lowest BCUT2D eigenvalue weighted by molar-refractivity contribution is -0.139. The van der Waals surface area contributed by atoms with Crippen molar-refractivity contribution in [3.05, 3.63) is 0 Å². The largest absolute Gasteiger partial charge is 0.481 e. The number of esters is 1. The number of carbonyl (C=O) groups excluding carboxylic acids is 2. The molecule has 0 bridgehead atoms. The van der Waals surface area contributed by atoms with E-state index in [0.717, 1.165) is 0 Å². The van der Waals surface area contributed by atoms with Gasteiger partial charge in [0, 0.05) is 20.0 Å². The highest BCUT2D eigenvalue weighted by Crippen LogP contribution is 1.93. The molecule has 0 atom stereocenters. The minimum Gasteiger partial charge on any atom is -0.481 e. The van der Waals surface area contributed by atoms with Gasteiger partial charge in [0.2, 0.25) is 0 Å². The van der Waals surface area contributed by atoms with Crippen molar-refractivity contribution in [3.63, 3.8) is 0 Å². The third-order valence-corrected chi connectivity index (χ3v) is 1.84. The minimum atomic E-state index is -0.900. The van der Waals surface area contributed by atoms with Crippen LogP contribution in [0.3, 0.4) is 0 Å². The van der Waals surface area contributed by atoms with Gasteiger partial charge in [-0.05, 0) is 6.42 Å². The Morgan fingerprint density at radius 3 is 2.50 bits per heavy atom. The molecule has 0 unspecified atom stereocenters. The van der Waals surface area contributed by atoms with Gasteiger partial charge in [-0.3, -0.25) is 9.59 Å². The lowest BCUT2D eigenvalue weighted by Gasteiger charge is -2.16. The van der Waals surface area contributed by atoms with E-state index >= 15 is 0 Å². The Bertz CT molecular complexity index is 267. The summed E-state index contributed by atoms with van der Waals surface area (Å²) in [5.74, 6) is -1.43. The normalized spacial score (nSPS) is 9.38. The van der Waals surface area contributed by atoms with Crippen molar-refractivity contribution in [2.45, 2.75) is 12.8 Å². The number of ether oxygens (including phenoxy) is 1. The number of urea groups is 1. The van der Waals surface area contributed by atoms with E-state index in [0.29, 0.717) is 13.0 Å². The first-order valence-electron chi connectivity index (χ1n) is 4.75. The van der Waals surface area contributed by atoms with Gasteiger partial charge in [0.25, 0.3) is 0 Å². The molecule has 0 aromatic rings. The van der Waals surface area contributed by atoms with Gasteiger partial charge >= 0.3 is 18.0 Å². The molecule has 92 valence electrons. The predicted octanol–water partition coefficient (Wildman–Crippen LogP) is -0.334. The second-order valence-electron chi connectivity index (χ2n) is 3.15. The van der Waals surface area contributed by atoms with Crippen LogP contribution in [0.15, 0.2) is 0 Å². The van der Waals surface area contributed by atoms with Crippen molar-refractivity contribution in [2.24, 2.45) is 0 Å². The van der Waals surface area contributed by atoms with E-state index in [-0.39, 0.29) is 13.0 Å². The van der Waals surface area contributed by atoms with E-state index in [1.165, 1.54) is 19.1 Å². The maximum atomic E-state index is 11.3. The van der Waals surface area contributed by atoms with Gasteiger partial charge in [0.1, 0.15) is 6.54 Å². The quantitative estimate of drug-likeness (QED) is 0.611. The Labute approximate surface area is 93.4 Å². The molecule has 0 aromatic carbocycles. The van der Waals surface area contributed by atoms with Crippen LogP contribution in [0.1, 0.15) is 12.8 Å². The highest BCUT2D eigenvalue weighted by molar-refractivity contribution is 5.80. The van der Waals surface area contributed by atoms with Crippen LogP contribution in [0.2, 0.25) is 0 Å². The molecule has 0 heterocycles. The van der Waals surface area contributed by atoms with Crippen LogP contribution in [0.5, 0.6) is 0 Å². The van der Waals surface area contributed by atoms with Gasteiger partial charge in [-0.15, -0.1) is 0 Å². The van der Waals surface area contributed by atoms with Gasteiger partial charge in [-0.1, -0.05) is 0 Å². The zero-order valence-corrected chi connectivity index (χ0v) is 9.36. The maximum Gasteiger partial charge on any atom is 0.325 e. The molecule has 0 saturated carbocycles. The topological polar surface area (TPSA) is 95.9 Å². The molecular formula is C9H16N2O5. The molecule has 7 nitrogen and oxygen atoms in total. The number of nitrogens with one attached hydrogen (secondary N) is 1. The van der Waals surface area contributed by atoms with Gasteiger partial charge < -0.3 is 20.1 Å². The summed E-state index contributed by atoms with van der Waals surface area (Å²) < 4.78 is 4.34. The first-order chi connectivity index (χ1) is 7.47. The van der Waals surface area contributed by atoms with Crippen LogP contribution in [-0.4, -0.2) is 55.2 Å². The second kappa shape index (κ2) is 7.49. The Hall–Kier alpha value is -1.79. The van der Waals surface area contributed by atoms with Crippen LogP contribution < -0.4 is 5.32 Å². The summed E-state index contributed by atoms with van der Waals surface area (Å²) in [4.78, 5) is 33.5. The maximum absolute atomic E-state index is 11.3. The molecule has 0 rings (SSSR count). The summed E-state index contributed by atoms with van der Waals surface area (Å²) in [6.45, 7) is 0.123. The highest BCUT2D eigenvalue weighted by Gasteiger charge is 2.10. The molecule has 0 radical (unpaired) electrons. The SMILES string of the molecule is COC(=O)CNC(=O)N(C)CCCC(=O)O. The molecule has 0 fully saturated rings.